The minimum absolute atomic E-state index is 0.133. The number of carbonyl (C=O) groups excluding carboxylic acids is 1. The third-order valence-corrected chi connectivity index (χ3v) is 3.27. The number of nitro benzene ring substituents is 1. The van der Waals surface area contributed by atoms with Crippen LogP contribution in [0.4, 0.5) is 17.1 Å². The van der Waals surface area contributed by atoms with Gasteiger partial charge in [-0.05, 0) is 30.3 Å². The molecular formula is C15H14ClN3O3. The van der Waals surface area contributed by atoms with Crippen LogP contribution in [0.15, 0.2) is 42.5 Å². The highest BCUT2D eigenvalue weighted by molar-refractivity contribution is 6.30. The molecule has 0 atom stereocenters. The van der Waals surface area contributed by atoms with Gasteiger partial charge in [-0.2, -0.15) is 0 Å². The number of nitro groups is 1. The number of hydrogen-bond donors (Lipinski definition) is 1. The zero-order valence-corrected chi connectivity index (χ0v) is 12.8. The number of amides is 1. The van der Waals surface area contributed by atoms with E-state index in [2.05, 4.69) is 5.32 Å². The predicted octanol–water partition coefficient (Wildman–Crippen LogP) is 3.57. The molecule has 6 nitrogen and oxygen atoms in total. The molecule has 0 aliphatic heterocycles. The number of rotatable bonds is 4. The average Bonchev–Trinajstić information content (AvgIpc) is 2.48. The minimum atomic E-state index is -0.529. The van der Waals surface area contributed by atoms with Crippen molar-refractivity contribution >= 4 is 34.6 Å². The van der Waals surface area contributed by atoms with Gasteiger partial charge in [0.05, 0.1) is 10.5 Å². The second-order valence-corrected chi connectivity index (χ2v) is 5.25. The molecule has 2 rings (SSSR count). The predicted molar refractivity (Wildman–Crippen MR) is 86.8 cm³/mol. The Balaban J connectivity index is 2.36. The molecule has 2 aromatic rings. The van der Waals surface area contributed by atoms with Crippen molar-refractivity contribution in [3.05, 3.63) is 63.2 Å². The molecule has 0 saturated heterocycles. The molecule has 22 heavy (non-hydrogen) atoms. The summed E-state index contributed by atoms with van der Waals surface area (Å²) < 4.78 is 0. The molecular weight excluding hydrogens is 306 g/mol. The zero-order chi connectivity index (χ0) is 16.3. The first-order valence-electron chi connectivity index (χ1n) is 6.41. The van der Waals surface area contributed by atoms with Gasteiger partial charge in [-0.25, -0.2) is 0 Å². The van der Waals surface area contributed by atoms with Crippen molar-refractivity contribution in [3.63, 3.8) is 0 Å². The van der Waals surface area contributed by atoms with E-state index in [4.69, 9.17) is 11.6 Å². The normalized spacial score (nSPS) is 10.1. The second-order valence-electron chi connectivity index (χ2n) is 4.81. The summed E-state index contributed by atoms with van der Waals surface area (Å²) in [5, 5.41) is 14.2. The van der Waals surface area contributed by atoms with Crippen molar-refractivity contribution in [3.8, 4) is 0 Å². The molecule has 0 aliphatic carbocycles. The lowest BCUT2D eigenvalue weighted by molar-refractivity contribution is -0.384. The van der Waals surface area contributed by atoms with Crippen molar-refractivity contribution in [2.75, 3.05) is 24.3 Å². The fraction of sp³-hybridized carbons (Fsp3) is 0.133. The van der Waals surface area contributed by atoms with Crippen LogP contribution in [0.25, 0.3) is 0 Å². The van der Waals surface area contributed by atoms with Crippen LogP contribution in [0.3, 0.4) is 0 Å². The zero-order valence-electron chi connectivity index (χ0n) is 12.0. The standard InChI is InChI=1S/C15H14ClN3O3/c1-18(2)14-8-7-12(19(21)22)9-13(14)15(20)17-11-5-3-10(16)4-6-11/h3-9H,1-2H3,(H,17,20). The molecule has 0 aliphatic rings. The van der Waals surface area contributed by atoms with E-state index < -0.39 is 10.8 Å². The molecule has 7 heteroatoms. The van der Waals surface area contributed by atoms with E-state index in [0.29, 0.717) is 16.4 Å². The first-order valence-corrected chi connectivity index (χ1v) is 6.79. The van der Waals surface area contributed by atoms with Gasteiger partial charge in [-0.1, -0.05) is 11.6 Å². The van der Waals surface area contributed by atoms with E-state index in [9.17, 15) is 14.9 Å². The monoisotopic (exact) mass is 319 g/mol. The largest absolute Gasteiger partial charge is 0.377 e. The quantitative estimate of drug-likeness (QED) is 0.690. The molecule has 114 valence electrons. The Bertz CT molecular complexity index is 714. The smallest absolute Gasteiger partial charge is 0.270 e. The van der Waals surface area contributed by atoms with Gasteiger partial charge in [0.25, 0.3) is 11.6 Å². The number of anilines is 2. The summed E-state index contributed by atoms with van der Waals surface area (Å²) in [4.78, 5) is 24.5. The van der Waals surface area contributed by atoms with Crippen LogP contribution in [0.5, 0.6) is 0 Å². The van der Waals surface area contributed by atoms with Gasteiger partial charge >= 0.3 is 0 Å². The fourth-order valence-corrected chi connectivity index (χ4v) is 2.07. The summed E-state index contributed by atoms with van der Waals surface area (Å²) in [6.07, 6.45) is 0. The summed E-state index contributed by atoms with van der Waals surface area (Å²) in [6, 6.07) is 10.8. The molecule has 1 N–H and O–H groups in total. The van der Waals surface area contributed by atoms with Gasteiger partial charge in [0.1, 0.15) is 0 Å². The van der Waals surface area contributed by atoms with Crippen LogP contribution in [0.2, 0.25) is 5.02 Å². The van der Waals surface area contributed by atoms with Crippen molar-refractivity contribution < 1.29 is 9.72 Å². The summed E-state index contributed by atoms with van der Waals surface area (Å²) >= 11 is 5.79. The maximum atomic E-state index is 12.4. The molecule has 0 heterocycles. The maximum Gasteiger partial charge on any atom is 0.270 e. The van der Waals surface area contributed by atoms with Crippen molar-refractivity contribution in [1.29, 1.82) is 0 Å². The lowest BCUT2D eigenvalue weighted by Gasteiger charge is -2.17. The van der Waals surface area contributed by atoms with Crippen molar-refractivity contribution in [2.45, 2.75) is 0 Å². The van der Waals surface area contributed by atoms with Crippen LogP contribution in [-0.4, -0.2) is 24.9 Å². The summed E-state index contributed by atoms with van der Waals surface area (Å²) in [7, 11) is 3.53. The average molecular weight is 320 g/mol. The van der Waals surface area contributed by atoms with Gasteiger partial charge < -0.3 is 10.2 Å². The molecule has 0 radical (unpaired) electrons. The first-order chi connectivity index (χ1) is 10.4. The van der Waals surface area contributed by atoms with E-state index in [0.717, 1.165) is 0 Å². The van der Waals surface area contributed by atoms with Crippen LogP contribution in [-0.2, 0) is 0 Å². The first kappa shape index (κ1) is 15.8. The number of nitrogens with zero attached hydrogens (tertiary/aromatic N) is 2. The minimum Gasteiger partial charge on any atom is -0.377 e. The van der Waals surface area contributed by atoms with Crippen LogP contribution in [0, 0.1) is 10.1 Å². The van der Waals surface area contributed by atoms with E-state index in [1.54, 1.807) is 49.3 Å². The van der Waals surface area contributed by atoms with Gasteiger partial charge in [-0.15, -0.1) is 0 Å². The molecule has 0 unspecified atom stereocenters. The van der Waals surface area contributed by atoms with E-state index in [-0.39, 0.29) is 11.3 Å². The highest BCUT2D eigenvalue weighted by Gasteiger charge is 2.18. The van der Waals surface area contributed by atoms with Gasteiger partial charge in [0.15, 0.2) is 0 Å². The highest BCUT2D eigenvalue weighted by atomic mass is 35.5. The Kier molecular flexibility index (Phi) is 4.62. The van der Waals surface area contributed by atoms with E-state index in [1.807, 2.05) is 0 Å². The Morgan fingerprint density at radius 1 is 1.18 bits per heavy atom. The topological polar surface area (TPSA) is 75.5 Å². The lowest BCUT2D eigenvalue weighted by atomic mass is 10.1. The number of halogens is 1. The summed E-state index contributed by atoms with van der Waals surface area (Å²) in [5.41, 5.74) is 1.25. The summed E-state index contributed by atoms with van der Waals surface area (Å²) in [6.45, 7) is 0. The van der Waals surface area contributed by atoms with E-state index >= 15 is 0 Å². The maximum absolute atomic E-state index is 12.4. The van der Waals surface area contributed by atoms with Crippen LogP contribution < -0.4 is 10.2 Å². The number of non-ortho nitro benzene ring substituents is 1. The fourth-order valence-electron chi connectivity index (χ4n) is 1.94. The summed E-state index contributed by atoms with van der Waals surface area (Å²) in [5.74, 6) is -0.422. The second kappa shape index (κ2) is 6.44. The molecule has 0 fully saturated rings. The molecule has 1 amide bonds. The number of hydrogen-bond acceptors (Lipinski definition) is 4. The number of nitrogens with one attached hydrogen (secondary N) is 1. The lowest BCUT2D eigenvalue weighted by Crippen LogP contribution is -2.18. The highest BCUT2D eigenvalue weighted by Crippen LogP contribution is 2.25. The number of benzene rings is 2. The van der Waals surface area contributed by atoms with Crippen LogP contribution >= 0.6 is 11.6 Å². The van der Waals surface area contributed by atoms with Gasteiger partial charge in [0.2, 0.25) is 0 Å². The van der Waals surface area contributed by atoms with Crippen molar-refractivity contribution in [2.24, 2.45) is 0 Å². The third kappa shape index (κ3) is 3.53. The molecule has 2 aromatic carbocycles. The molecule has 0 spiro atoms. The van der Waals surface area contributed by atoms with Crippen molar-refractivity contribution in [1.82, 2.24) is 0 Å². The Morgan fingerprint density at radius 3 is 2.36 bits per heavy atom. The number of carbonyl (C=O) groups is 1. The Morgan fingerprint density at radius 2 is 1.82 bits per heavy atom. The van der Waals surface area contributed by atoms with Gasteiger partial charge in [0, 0.05) is 42.6 Å². The van der Waals surface area contributed by atoms with Crippen LogP contribution in [0.1, 0.15) is 10.4 Å². The molecule has 0 bridgehead atoms. The Labute approximate surface area is 132 Å². The van der Waals surface area contributed by atoms with Gasteiger partial charge in [-0.3, -0.25) is 14.9 Å². The Hall–Kier alpha value is -2.60. The molecule has 0 aromatic heterocycles. The van der Waals surface area contributed by atoms with E-state index in [1.165, 1.54) is 12.1 Å². The molecule has 0 saturated carbocycles. The third-order valence-electron chi connectivity index (χ3n) is 3.02. The SMILES string of the molecule is CN(C)c1ccc([N+](=O)[O-])cc1C(=O)Nc1ccc(Cl)cc1.